The van der Waals surface area contributed by atoms with E-state index in [1.165, 1.54) is 0 Å². The fraction of sp³-hybridized carbons (Fsp3) is 0.364. The number of anilines is 1. The number of hydrogen-bond acceptors (Lipinski definition) is 2. The maximum absolute atomic E-state index is 12.0. The number of nitrogens with zero attached hydrogens (tertiary/aromatic N) is 1. The molecule has 4 nitrogen and oxygen atoms in total. The van der Waals surface area contributed by atoms with Crippen molar-refractivity contribution in [2.45, 2.75) is 0 Å². The molecule has 1 heterocycles. The molecule has 0 saturated carbocycles. The normalized spacial score (nSPS) is 15.6. The molecule has 1 aliphatic rings. The average Bonchev–Trinajstić information content (AvgIpc) is 2.34. The molecule has 2 rings (SSSR count). The van der Waals surface area contributed by atoms with E-state index in [9.17, 15) is 4.79 Å². The standard InChI is InChI=1S/C11H11Br2ClN2O2/c12-8-5-7(14)6-9(13)10(8)15-11(17)16-1-3-18-4-2-16/h5-6H,1-4H2,(H,15,17). The predicted molar refractivity (Wildman–Crippen MR) is 78.3 cm³/mol. The summed E-state index contributed by atoms with van der Waals surface area (Å²) in [5.41, 5.74) is 0.677. The second kappa shape index (κ2) is 6.23. The molecule has 98 valence electrons. The fourth-order valence-corrected chi connectivity index (χ4v) is 3.48. The summed E-state index contributed by atoms with van der Waals surface area (Å²) >= 11 is 12.7. The van der Waals surface area contributed by atoms with Crippen LogP contribution < -0.4 is 5.32 Å². The first-order valence-corrected chi connectivity index (χ1v) is 7.32. The van der Waals surface area contributed by atoms with Crippen molar-refractivity contribution in [3.8, 4) is 0 Å². The second-order valence-electron chi connectivity index (χ2n) is 3.77. The van der Waals surface area contributed by atoms with Gasteiger partial charge < -0.3 is 15.0 Å². The molecule has 0 unspecified atom stereocenters. The quantitative estimate of drug-likeness (QED) is 0.783. The first-order valence-electron chi connectivity index (χ1n) is 5.36. The van der Waals surface area contributed by atoms with Gasteiger partial charge in [0.2, 0.25) is 0 Å². The molecule has 0 atom stereocenters. The highest BCUT2D eigenvalue weighted by atomic mass is 79.9. The van der Waals surface area contributed by atoms with E-state index in [1.54, 1.807) is 17.0 Å². The van der Waals surface area contributed by atoms with Crippen LogP contribution in [0.25, 0.3) is 0 Å². The van der Waals surface area contributed by atoms with Crippen LogP contribution in [0.15, 0.2) is 21.1 Å². The summed E-state index contributed by atoms with van der Waals surface area (Å²) in [5, 5.41) is 3.45. The van der Waals surface area contributed by atoms with Gasteiger partial charge in [0.15, 0.2) is 0 Å². The Morgan fingerprint density at radius 2 is 1.83 bits per heavy atom. The minimum Gasteiger partial charge on any atom is -0.378 e. The predicted octanol–water partition coefficient (Wildman–Crippen LogP) is 3.73. The molecule has 0 spiro atoms. The molecule has 1 saturated heterocycles. The monoisotopic (exact) mass is 396 g/mol. The van der Waals surface area contributed by atoms with Gasteiger partial charge in [0.1, 0.15) is 0 Å². The average molecular weight is 398 g/mol. The van der Waals surface area contributed by atoms with Gasteiger partial charge in [-0.2, -0.15) is 0 Å². The summed E-state index contributed by atoms with van der Waals surface area (Å²) in [6.45, 7) is 2.37. The van der Waals surface area contributed by atoms with Crippen molar-refractivity contribution in [2.24, 2.45) is 0 Å². The van der Waals surface area contributed by atoms with Crippen molar-refractivity contribution in [3.05, 3.63) is 26.1 Å². The Balaban J connectivity index is 2.11. The van der Waals surface area contributed by atoms with E-state index in [4.69, 9.17) is 16.3 Å². The van der Waals surface area contributed by atoms with E-state index < -0.39 is 0 Å². The Hall–Kier alpha value is -0.300. The van der Waals surface area contributed by atoms with E-state index in [1.807, 2.05) is 0 Å². The number of morpholine rings is 1. The van der Waals surface area contributed by atoms with Gasteiger partial charge in [-0.05, 0) is 44.0 Å². The van der Waals surface area contributed by atoms with Crippen molar-refractivity contribution in [1.29, 1.82) is 0 Å². The van der Waals surface area contributed by atoms with Crippen molar-refractivity contribution < 1.29 is 9.53 Å². The molecule has 7 heteroatoms. The minimum absolute atomic E-state index is 0.137. The molecule has 18 heavy (non-hydrogen) atoms. The first-order chi connectivity index (χ1) is 8.58. The number of carbonyl (C=O) groups is 1. The van der Waals surface area contributed by atoms with Crippen LogP contribution in [0.2, 0.25) is 5.02 Å². The Kier molecular flexibility index (Phi) is 4.89. The van der Waals surface area contributed by atoms with Gasteiger partial charge in [0, 0.05) is 27.1 Å². The van der Waals surface area contributed by atoms with Crippen molar-refractivity contribution >= 4 is 55.2 Å². The summed E-state index contributed by atoms with van der Waals surface area (Å²) in [6, 6.07) is 3.34. The van der Waals surface area contributed by atoms with E-state index in [0.717, 1.165) is 8.95 Å². The molecule has 2 amide bonds. The molecule has 1 N–H and O–H groups in total. The molecule has 1 aromatic carbocycles. The number of carbonyl (C=O) groups excluding carboxylic acids is 1. The number of rotatable bonds is 1. The first kappa shape index (κ1) is 14.1. The van der Waals surface area contributed by atoms with Crippen LogP contribution in [0.5, 0.6) is 0 Å². The van der Waals surface area contributed by atoms with Crippen LogP contribution in [-0.2, 0) is 4.74 Å². The summed E-state index contributed by atoms with van der Waals surface area (Å²) in [5.74, 6) is 0. The lowest BCUT2D eigenvalue weighted by atomic mass is 10.3. The molecule has 0 radical (unpaired) electrons. The zero-order chi connectivity index (χ0) is 13.1. The third kappa shape index (κ3) is 3.38. The lowest BCUT2D eigenvalue weighted by molar-refractivity contribution is 0.0564. The van der Waals surface area contributed by atoms with E-state index in [0.29, 0.717) is 37.0 Å². The lowest BCUT2D eigenvalue weighted by Gasteiger charge is -2.27. The molecule has 1 fully saturated rings. The van der Waals surface area contributed by atoms with Gasteiger partial charge in [-0.3, -0.25) is 0 Å². The number of urea groups is 1. The summed E-state index contributed by atoms with van der Waals surface area (Å²) in [6.07, 6.45) is 0. The molecule has 0 aliphatic carbocycles. The Bertz CT molecular complexity index is 441. The summed E-state index contributed by atoms with van der Waals surface area (Å²) < 4.78 is 6.68. The third-order valence-corrected chi connectivity index (χ3v) is 4.01. The third-order valence-electron chi connectivity index (χ3n) is 2.54. The Morgan fingerprint density at radius 1 is 1.28 bits per heavy atom. The molecule has 0 bridgehead atoms. The molecular formula is C11H11Br2ClN2O2. The number of benzene rings is 1. The summed E-state index contributed by atoms with van der Waals surface area (Å²) in [7, 11) is 0. The van der Waals surface area contributed by atoms with Crippen LogP contribution in [0.4, 0.5) is 10.5 Å². The topological polar surface area (TPSA) is 41.6 Å². The number of ether oxygens (including phenoxy) is 1. The van der Waals surface area contributed by atoms with Crippen molar-refractivity contribution in [3.63, 3.8) is 0 Å². The number of nitrogens with one attached hydrogen (secondary N) is 1. The lowest BCUT2D eigenvalue weighted by Crippen LogP contribution is -2.43. The molecule has 1 aliphatic heterocycles. The van der Waals surface area contributed by atoms with Crippen LogP contribution in [0.1, 0.15) is 0 Å². The number of hydrogen-bond donors (Lipinski definition) is 1. The maximum Gasteiger partial charge on any atom is 0.322 e. The van der Waals surface area contributed by atoms with Crippen molar-refractivity contribution in [2.75, 3.05) is 31.6 Å². The van der Waals surface area contributed by atoms with Crippen LogP contribution >= 0.6 is 43.5 Å². The zero-order valence-corrected chi connectivity index (χ0v) is 13.3. The van der Waals surface area contributed by atoms with Gasteiger partial charge in [-0.1, -0.05) is 11.6 Å². The van der Waals surface area contributed by atoms with Gasteiger partial charge in [-0.15, -0.1) is 0 Å². The Morgan fingerprint density at radius 3 is 2.39 bits per heavy atom. The largest absolute Gasteiger partial charge is 0.378 e. The Labute approximate surface area is 127 Å². The van der Waals surface area contributed by atoms with Crippen LogP contribution in [0.3, 0.4) is 0 Å². The van der Waals surface area contributed by atoms with Gasteiger partial charge in [0.05, 0.1) is 18.9 Å². The highest BCUT2D eigenvalue weighted by Gasteiger charge is 2.18. The van der Waals surface area contributed by atoms with E-state index >= 15 is 0 Å². The molecule has 0 aromatic heterocycles. The van der Waals surface area contributed by atoms with Gasteiger partial charge in [0.25, 0.3) is 0 Å². The van der Waals surface area contributed by atoms with E-state index in [2.05, 4.69) is 37.2 Å². The highest BCUT2D eigenvalue weighted by Crippen LogP contribution is 2.34. The van der Waals surface area contributed by atoms with Gasteiger partial charge in [-0.25, -0.2) is 4.79 Å². The minimum atomic E-state index is -0.137. The van der Waals surface area contributed by atoms with Gasteiger partial charge >= 0.3 is 6.03 Å². The zero-order valence-electron chi connectivity index (χ0n) is 9.38. The van der Waals surface area contributed by atoms with Crippen LogP contribution in [0, 0.1) is 0 Å². The van der Waals surface area contributed by atoms with E-state index in [-0.39, 0.29) is 6.03 Å². The van der Waals surface area contributed by atoms with Crippen LogP contribution in [-0.4, -0.2) is 37.2 Å². The highest BCUT2D eigenvalue weighted by molar-refractivity contribution is 9.11. The fourth-order valence-electron chi connectivity index (χ4n) is 1.61. The van der Waals surface area contributed by atoms with Crippen molar-refractivity contribution in [1.82, 2.24) is 4.90 Å². The SMILES string of the molecule is O=C(Nc1c(Br)cc(Cl)cc1Br)N1CCOCC1. The molecular weight excluding hydrogens is 387 g/mol. The molecule has 1 aromatic rings. The second-order valence-corrected chi connectivity index (χ2v) is 5.92. The maximum atomic E-state index is 12.0. The number of amides is 2. The smallest absolute Gasteiger partial charge is 0.322 e. The summed E-state index contributed by atoms with van der Waals surface area (Å²) in [4.78, 5) is 13.8. The number of halogens is 3.